The lowest BCUT2D eigenvalue weighted by Crippen LogP contribution is -2.51. The zero-order valence-electron chi connectivity index (χ0n) is 11.6. The Hall–Kier alpha value is -0.130. The summed E-state index contributed by atoms with van der Waals surface area (Å²) in [5, 5.41) is 0. The van der Waals surface area contributed by atoms with E-state index in [1.807, 2.05) is 6.92 Å². The number of rotatable bonds is 5. The Bertz CT molecular complexity index is 384. The van der Waals surface area contributed by atoms with Gasteiger partial charge in [-0.05, 0) is 38.5 Å². The van der Waals surface area contributed by atoms with Gasteiger partial charge in [-0.15, -0.1) is 0 Å². The molecular formula is C13H26N2O2S. The van der Waals surface area contributed by atoms with Crippen LogP contribution in [0.25, 0.3) is 0 Å². The van der Waals surface area contributed by atoms with Crippen LogP contribution in [0.1, 0.15) is 51.9 Å². The Morgan fingerprint density at radius 3 is 2.33 bits per heavy atom. The molecule has 2 saturated carbocycles. The van der Waals surface area contributed by atoms with Crippen LogP contribution in [0.15, 0.2) is 0 Å². The molecule has 0 aromatic rings. The van der Waals surface area contributed by atoms with Crippen molar-refractivity contribution < 1.29 is 8.42 Å². The highest BCUT2D eigenvalue weighted by atomic mass is 32.2. The first-order valence-corrected chi connectivity index (χ1v) is 8.70. The van der Waals surface area contributed by atoms with Crippen molar-refractivity contribution in [3.8, 4) is 0 Å². The Balaban J connectivity index is 2.01. The van der Waals surface area contributed by atoms with Gasteiger partial charge < -0.3 is 5.73 Å². The molecule has 0 heterocycles. The normalized spacial score (nSPS) is 26.2. The molecule has 5 heteroatoms. The molecule has 0 aromatic heterocycles. The highest BCUT2D eigenvalue weighted by Gasteiger charge is 2.39. The molecule has 18 heavy (non-hydrogen) atoms. The largest absolute Gasteiger partial charge is 0.324 e. The summed E-state index contributed by atoms with van der Waals surface area (Å²) in [6.07, 6.45) is 7.33. The van der Waals surface area contributed by atoms with Crippen molar-refractivity contribution in [3.05, 3.63) is 0 Å². The van der Waals surface area contributed by atoms with Crippen molar-refractivity contribution in [2.75, 3.05) is 12.8 Å². The van der Waals surface area contributed by atoms with Crippen LogP contribution in [0.3, 0.4) is 0 Å². The number of hydrogen-bond donors (Lipinski definition) is 1. The minimum atomic E-state index is -3.21. The molecule has 2 fully saturated rings. The molecule has 0 amide bonds. The van der Waals surface area contributed by atoms with E-state index in [1.165, 1.54) is 6.42 Å². The lowest BCUT2D eigenvalue weighted by molar-refractivity contribution is 0.308. The first-order valence-electron chi connectivity index (χ1n) is 7.09. The van der Waals surface area contributed by atoms with Crippen LogP contribution in [0.2, 0.25) is 0 Å². The first kappa shape index (κ1) is 14.3. The fourth-order valence-corrected chi connectivity index (χ4v) is 4.89. The van der Waals surface area contributed by atoms with E-state index in [1.54, 1.807) is 11.4 Å². The molecule has 2 rings (SSSR count). The van der Waals surface area contributed by atoms with Gasteiger partial charge in [0, 0.05) is 18.6 Å². The zero-order chi connectivity index (χ0) is 13.4. The standard InChI is InChI=1S/C13H26N2O2S/c1-11(12-6-7-12)15(2)18(16,17)10-13(14)8-4-3-5-9-13/h11-12H,3-10,14H2,1-2H3/t11-/m1/s1. The monoisotopic (exact) mass is 274 g/mol. The van der Waals surface area contributed by atoms with Crippen molar-refractivity contribution in [2.24, 2.45) is 11.7 Å². The summed E-state index contributed by atoms with van der Waals surface area (Å²) in [5.74, 6) is 0.679. The van der Waals surface area contributed by atoms with Crippen LogP contribution in [0.5, 0.6) is 0 Å². The summed E-state index contributed by atoms with van der Waals surface area (Å²) in [5.41, 5.74) is 5.78. The van der Waals surface area contributed by atoms with Crippen molar-refractivity contribution in [2.45, 2.75) is 63.5 Å². The summed E-state index contributed by atoms with van der Waals surface area (Å²) in [6.45, 7) is 2.01. The van der Waals surface area contributed by atoms with Crippen LogP contribution < -0.4 is 5.73 Å². The van der Waals surface area contributed by atoms with Gasteiger partial charge >= 0.3 is 0 Å². The van der Waals surface area contributed by atoms with Gasteiger partial charge in [0.05, 0.1) is 5.75 Å². The third-order valence-corrected chi connectivity index (χ3v) is 6.79. The maximum Gasteiger partial charge on any atom is 0.215 e. The van der Waals surface area contributed by atoms with Gasteiger partial charge in [0.15, 0.2) is 0 Å². The predicted molar refractivity (Wildman–Crippen MR) is 73.7 cm³/mol. The predicted octanol–water partition coefficient (Wildman–Crippen LogP) is 1.71. The molecule has 2 N–H and O–H groups in total. The van der Waals surface area contributed by atoms with E-state index >= 15 is 0 Å². The van der Waals surface area contributed by atoms with Gasteiger partial charge in [-0.3, -0.25) is 0 Å². The Morgan fingerprint density at radius 1 is 1.28 bits per heavy atom. The minimum Gasteiger partial charge on any atom is -0.324 e. The molecule has 0 radical (unpaired) electrons. The average molecular weight is 274 g/mol. The maximum absolute atomic E-state index is 12.4. The molecule has 0 aromatic carbocycles. The fraction of sp³-hybridized carbons (Fsp3) is 1.00. The molecule has 2 aliphatic rings. The Kier molecular flexibility index (Phi) is 4.04. The average Bonchev–Trinajstić information content (AvgIpc) is 3.10. The van der Waals surface area contributed by atoms with Gasteiger partial charge in [-0.2, -0.15) is 0 Å². The second kappa shape index (κ2) is 5.10. The smallest absolute Gasteiger partial charge is 0.215 e. The van der Waals surface area contributed by atoms with E-state index in [-0.39, 0.29) is 11.8 Å². The molecule has 1 atom stereocenters. The van der Waals surface area contributed by atoms with Crippen molar-refractivity contribution >= 4 is 10.0 Å². The molecule has 0 saturated heterocycles. The lowest BCUT2D eigenvalue weighted by Gasteiger charge is -2.35. The van der Waals surface area contributed by atoms with E-state index in [2.05, 4.69) is 0 Å². The van der Waals surface area contributed by atoms with Crippen molar-refractivity contribution in [3.63, 3.8) is 0 Å². The third-order valence-electron chi connectivity index (χ3n) is 4.64. The topological polar surface area (TPSA) is 63.4 Å². The third kappa shape index (κ3) is 3.25. The molecule has 106 valence electrons. The van der Waals surface area contributed by atoms with Gasteiger partial charge in [0.2, 0.25) is 10.0 Å². The van der Waals surface area contributed by atoms with Crippen molar-refractivity contribution in [1.82, 2.24) is 4.31 Å². The van der Waals surface area contributed by atoms with Crippen LogP contribution in [0.4, 0.5) is 0 Å². The van der Waals surface area contributed by atoms with Gasteiger partial charge in [-0.1, -0.05) is 19.3 Å². The van der Waals surface area contributed by atoms with Crippen LogP contribution in [-0.4, -0.2) is 37.1 Å². The quantitative estimate of drug-likeness (QED) is 0.830. The molecule has 0 bridgehead atoms. The highest BCUT2D eigenvalue weighted by molar-refractivity contribution is 7.89. The van der Waals surface area contributed by atoms with E-state index in [9.17, 15) is 8.42 Å². The molecule has 4 nitrogen and oxygen atoms in total. The van der Waals surface area contributed by atoms with Gasteiger partial charge in [0.25, 0.3) is 0 Å². The van der Waals surface area contributed by atoms with Crippen molar-refractivity contribution in [1.29, 1.82) is 0 Å². The summed E-state index contributed by atoms with van der Waals surface area (Å²) in [4.78, 5) is 0. The second-order valence-electron chi connectivity index (χ2n) is 6.27. The number of hydrogen-bond acceptors (Lipinski definition) is 3. The summed E-state index contributed by atoms with van der Waals surface area (Å²) >= 11 is 0. The minimum absolute atomic E-state index is 0.119. The van der Waals surface area contributed by atoms with Crippen LogP contribution in [-0.2, 0) is 10.0 Å². The number of sulfonamides is 1. The Morgan fingerprint density at radius 2 is 1.83 bits per heavy atom. The summed E-state index contributed by atoms with van der Waals surface area (Å²) in [7, 11) is -1.50. The first-order chi connectivity index (χ1) is 8.34. The lowest BCUT2D eigenvalue weighted by atomic mass is 9.84. The Labute approximate surface area is 111 Å². The SMILES string of the molecule is C[C@H](C1CC1)N(C)S(=O)(=O)CC1(N)CCCCC1. The number of nitrogens with zero attached hydrogens (tertiary/aromatic N) is 1. The van der Waals surface area contributed by atoms with E-state index in [4.69, 9.17) is 5.73 Å². The van der Waals surface area contributed by atoms with E-state index < -0.39 is 15.6 Å². The second-order valence-corrected chi connectivity index (χ2v) is 8.30. The highest BCUT2D eigenvalue weighted by Crippen LogP contribution is 2.36. The number of nitrogens with two attached hydrogens (primary N) is 1. The van der Waals surface area contributed by atoms with Crippen LogP contribution >= 0.6 is 0 Å². The maximum atomic E-state index is 12.4. The fourth-order valence-electron chi connectivity index (χ4n) is 2.99. The van der Waals surface area contributed by atoms with Crippen LogP contribution in [0, 0.1) is 5.92 Å². The molecule has 0 unspecified atom stereocenters. The summed E-state index contributed by atoms with van der Waals surface area (Å²) < 4.78 is 26.4. The van der Waals surface area contributed by atoms with E-state index in [0.29, 0.717) is 5.92 Å². The molecule has 0 aliphatic heterocycles. The zero-order valence-corrected chi connectivity index (χ0v) is 12.4. The molecule has 0 spiro atoms. The molecule has 2 aliphatic carbocycles. The van der Waals surface area contributed by atoms with Gasteiger partial charge in [-0.25, -0.2) is 12.7 Å². The van der Waals surface area contributed by atoms with E-state index in [0.717, 1.165) is 38.5 Å². The molecular weight excluding hydrogens is 248 g/mol. The van der Waals surface area contributed by atoms with Gasteiger partial charge in [0.1, 0.15) is 0 Å². The summed E-state index contributed by atoms with van der Waals surface area (Å²) in [6, 6.07) is 0.127.